The van der Waals surface area contributed by atoms with Crippen LogP contribution in [0.5, 0.6) is 0 Å². The summed E-state index contributed by atoms with van der Waals surface area (Å²) in [5.74, 6) is 1.80. The van der Waals surface area contributed by atoms with E-state index >= 15 is 0 Å². The Balaban J connectivity index is 1.23. The third kappa shape index (κ3) is 5.13. The molecule has 0 unspecified atom stereocenters. The van der Waals surface area contributed by atoms with Crippen molar-refractivity contribution in [2.45, 2.75) is 0 Å². The number of hydrogen-bond donors (Lipinski definition) is 0. The van der Waals surface area contributed by atoms with Crippen LogP contribution < -0.4 is 0 Å². The molecule has 0 N–H and O–H groups in total. The van der Waals surface area contributed by atoms with E-state index < -0.39 is 0 Å². The highest BCUT2D eigenvalue weighted by Gasteiger charge is 2.22. The first-order chi connectivity index (χ1) is 27.8. The first kappa shape index (κ1) is 31.9. The third-order valence-electron chi connectivity index (χ3n) is 10.8. The lowest BCUT2D eigenvalue weighted by molar-refractivity contribution is 0.954. The highest BCUT2D eigenvalue weighted by atomic mass is 15.2. The molecule has 262 valence electrons. The van der Waals surface area contributed by atoms with Gasteiger partial charge in [0.2, 0.25) is 5.95 Å². The van der Waals surface area contributed by atoms with E-state index in [9.17, 15) is 0 Å². The molecule has 3 heterocycles. The molecule has 11 aromatic rings. The summed E-state index contributed by atoms with van der Waals surface area (Å²) in [7, 11) is 0. The van der Waals surface area contributed by atoms with Crippen LogP contribution >= 0.6 is 0 Å². The molecule has 0 bridgehead atoms. The summed E-state index contributed by atoms with van der Waals surface area (Å²) < 4.78 is 4.64. The van der Waals surface area contributed by atoms with Crippen molar-refractivity contribution in [2.24, 2.45) is 0 Å². The summed E-state index contributed by atoms with van der Waals surface area (Å²) in [6.45, 7) is 0. The predicted octanol–water partition coefficient (Wildman–Crippen LogP) is 12.7. The van der Waals surface area contributed by atoms with E-state index in [2.05, 4.69) is 185 Å². The summed E-state index contributed by atoms with van der Waals surface area (Å²) in [5.41, 5.74) is 11.8. The highest BCUT2D eigenvalue weighted by Crippen LogP contribution is 2.41. The Labute approximate surface area is 323 Å². The average Bonchev–Trinajstić information content (AvgIpc) is 3.78. The Kier molecular flexibility index (Phi) is 7.42. The molecule has 0 aliphatic carbocycles. The van der Waals surface area contributed by atoms with Crippen LogP contribution in [-0.4, -0.2) is 24.1 Å². The molecular weight excluding hydrogens is 683 g/mol. The molecule has 0 aliphatic heterocycles. The average molecular weight is 716 g/mol. The molecule has 0 saturated carbocycles. The van der Waals surface area contributed by atoms with Gasteiger partial charge in [-0.25, -0.2) is 4.98 Å². The van der Waals surface area contributed by atoms with Gasteiger partial charge in [0.1, 0.15) is 0 Å². The molecule has 5 heteroatoms. The largest absolute Gasteiger partial charge is 0.309 e. The van der Waals surface area contributed by atoms with E-state index in [1.807, 2.05) is 24.3 Å². The highest BCUT2D eigenvalue weighted by molar-refractivity contribution is 6.19. The second-order valence-corrected chi connectivity index (χ2v) is 14.0. The molecule has 8 aromatic carbocycles. The van der Waals surface area contributed by atoms with Crippen molar-refractivity contribution in [2.75, 3.05) is 0 Å². The van der Waals surface area contributed by atoms with Gasteiger partial charge in [-0.05, 0) is 47.0 Å². The van der Waals surface area contributed by atoms with Crippen LogP contribution in [0.25, 0.3) is 100 Å². The number of hydrogen-bond acceptors (Lipinski definition) is 3. The van der Waals surface area contributed by atoms with Gasteiger partial charge >= 0.3 is 0 Å². The maximum Gasteiger partial charge on any atom is 0.238 e. The first-order valence-corrected chi connectivity index (χ1v) is 18.9. The molecule has 0 fully saturated rings. The number of para-hydroxylation sites is 3. The van der Waals surface area contributed by atoms with E-state index in [4.69, 9.17) is 15.0 Å². The number of nitrogens with zero attached hydrogens (tertiary/aromatic N) is 5. The lowest BCUT2D eigenvalue weighted by Crippen LogP contribution is -2.07. The maximum absolute atomic E-state index is 5.35. The summed E-state index contributed by atoms with van der Waals surface area (Å²) in [5, 5.41) is 4.67. The van der Waals surface area contributed by atoms with E-state index in [-0.39, 0.29) is 0 Å². The Morgan fingerprint density at radius 1 is 0.286 bits per heavy atom. The number of benzene rings is 8. The normalized spacial score (nSPS) is 11.6. The topological polar surface area (TPSA) is 48.5 Å². The van der Waals surface area contributed by atoms with Crippen LogP contribution in [0.3, 0.4) is 0 Å². The SMILES string of the molecule is c1ccc(-c2nc(-c3ccccc3-c3ccccc3)nc(-n3c4ccccc4c4cc5c6ccccc6n(-c6ccccc6-c6ccccc6)c5cc43)n2)cc1. The van der Waals surface area contributed by atoms with Gasteiger partial charge < -0.3 is 4.57 Å². The zero-order valence-corrected chi connectivity index (χ0v) is 30.3. The van der Waals surface area contributed by atoms with Crippen LogP contribution in [0.1, 0.15) is 0 Å². The molecule has 0 aliphatic rings. The Hall–Kier alpha value is -7.63. The summed E-state index contributed by atoms with van der Waals surface area (Å²) in [6.07, 6.45) is 0. The van der Waals surface area contributed by atoms with Crippen LogP contribution in [0.15, 0.2) is 200 Å². The lowest BCUT2D eigenvalue weighted by Gasteiger charge is -2.15. The van der Waals surface area contributed by atoms with Crippen molar-refractivity contribution in [3.05, 3.63) is 200 Å². The van der Waals surface area contributed by atoms with Gasteiger partial charge in [0.05, 0.1) is 27.8 Å². The number of rotatable bonds is 6. The summed E-state index contributed by atoms with van der Waals surface area (Å²) in [6, 6.07) is 70.3. The molecule has 3 aromatic heterocycles. The van der Waals surface area contributed by atoms with Crippen LogP contribution in [0.2, 0.25) is 0 Å². The van der Waals surface area contributed by atoms with Crippen molar-refractivity contribution in [1.29, 1.82) is 0 Å². The Morgan fingerprint density at radius 3 is 1.41 bits per heavy atom. The second-order valence-electron chi connectivity index (χ2n) is 14.0. The van der Waals surface area contributed by atoms with E-state index in [1.165, 1.54) is 21.9 Å². The quantitative estimate of drug-likeness (QED) is 0.172. The third-order valence-corrected chi connectivity index (χ3v) is 10.8. The smallest absolute Gasteiger partial charge is 0.238 e. The number of aromatic nitrogens is 5. The Bertz CT molecular complexity index is 3240. The zero-order chi connectivity index (χ0) is 37.0. The molecule has 56 heavy (non-hydrogen) atoms. The van der Waals surface area contributed by atoms with Crippen LogP contribution in [0, 0.1) is 0 Å². The van der Waals surface area contributed by atoms with E-state index in [0.717, 1.165) is 60.8 Å². The van der Waals surface area contributed by atoms with Crippen molar-refractivity contribution in [3.8, 4) is 56.7 Å². The maximum atomic E-state index is 5.35. The fourth-order valence-electron chi connectivity index (χ4n) is 8.29. The Morgan fingerprint density at radius 2 is 0.750 bits per heavy atom. The van der Waals surface area contributed by atoms with Gasteiger partial charge in [0.15, 0.2) is 11.6 Å². The molecule has 0 saturated heterocycles. The molecule has 0 atom stereocenters. The van der Waals surface area contributed by atoms with Gasteiger partial charge in [0, 0.05) is 38.2 Å². The van der Waals surface area contributed by atoms with E-state index in [0.29, 0.717) is 17.6 Å². The van der Waals surface area contributed by atoms with Gasteiger partial charge in [-0.3, -0.25) is 4.57 Å². The minimum absolute atomic E-state index is 0.564. The molecule has 0 radical (unpaired) electrons. The van der Waals surface area contributed by atoms with Gasteiger partial charge in [0.25, 0.3) is 0 Å². The van der Waals surface area contributed by atoms with Crippen molar-refractivity contribution in [3.63, 3.8) is 0 Å². The lowest BCUT2D eigenvalue weighted by atomic mass is 9.99. The first-order valence-electron chi connectivity index (χ1n) is 18.9. The minimum Gasteiger partial charge on any atom is -0.309 e. The van der Waals surface area contributed by atoms with Gasteiger partial charge in [-0.15, -0.1) is 0 Å². The zero-order valence-electron chi connectivity index (χ0n) is 30.3. The number of fused-ring (bicyclic) bond motifs is 6. The predicted molar refractivity (Wildman–Crippen MR) is 230 cm³/mol. The standard InChI is InChI=1S/C51H33N5/c1-4-18-34(19-5-1)37-24-10-11-28-41(37)50-52-49(36-22-8-3-9-23-36)53-51(54-50)56-46-31-17-14-27-40(46)43-32-42-39-26-13-16-30-45(39)55(47(42)33-48(43)56)44-29-15-12-25-38(44)35-20-6-2-7-21-35/h1-33H. The minimum atomic E-state index is 0.564. The van der Waals surface area contributed by atoms with E-state index in [1.54, 1.807) is 0 Å². The van der Waals surface area contributed by atoms with Crippen molar-refractivity contribution < 1.29 is 0 Å². The molecular formula is C51H33N5. The van der Waals surface area contributed by atoms with Crippen LogP contribution in [0.4, 0.5) is 0 Å². The van der Waals surface area contributed by atoms with Crippen molar-refractivity contribution >= 4 is 43.6 Å². The second kappa shape index (κ2) is 13.0. The summed E-state index contributed by atoms with van der Waals surface area (Å²) in [4.78, 5) is 15.8. The monoisotopic (exact) mass is 715 g/mol. The fourth-order valence-corrected chi connectivity index (χ4v) is 8.29. The molecule has 0 spiro atoms. The van der Waals surface area contributed by atoms with Gasteiger partial charge in [-0.2, -0.15) is 9.97 Å². The van der Waals surface area contributed by atoms with Gasteiger partial charge in [-0.1, -0.05) is 170 Å². The summed E-state index contributed by atoms with van der Waals surface area (Å²) >= 11 is 0. The van der Waals surface area contributed by atoms with Crippen molar-refractivity contribution in [1.82, 2.24) is 24.1 Å². The van der Waals surface area contributed by atoms with Crippen LogP contribution in [-0.2, 0) is 0 Å². The molecule has 5 nitrogen and oxygen atoms in total. The molecule has 0 amide bonds. The molecule has 11 rings (SSSR count). The fraction of sp³-hybridized carbons (Fsp3) is 0.